The quantitative estimate of drug-likeness (QED) is 0.0878. The fourth-order valence-electron chi connectivity index (χ4n) is 9.47. The first-order valence-corrected chi connectivity index (χ1v) is 25.3. The van der Waals surface area contributed by atoms with Gasteiger partial charge in [0.25, 0.3) is 0 Å². The summed E-state index contributed by atoms with van der Waals surface area (Å²) in [6.45, 7) is 18.9. The van der Waals surface area contributed by atoms with Gasteiger partial charge in [-0.25, -0.2) is 4.98 Å². The number of ether oxygens (including phenoxy) is 1. The van der Waals surface area contributed by atoms with E-state index in [0.717, 1.165) is 29.8 Å². The summed E-state index contributed by atoms with van der Waals surface area (Å²) in [6.07, 6.45) is 8.01. The third-order valence-electron chi connectivity index (χ3n) is 13.7. The Hall–Kier alpha value is -5.32. The number of benzene rings is 1. The van der Waals surface area contributed by atoms with Gasteiger partial charge in [-0.3, -0.25) is 33.6 Å². The second-order valence-corrected chi connectivity index (χ2v) is 20.8. The average molecular weight is 979 g/mol. The Morgan fingerprint density at radius 3 is 1.84 bits per heavy atom. The van der Waals surface area contributed by atoms with Crippen LogP contribution in [0.2, 0.25) is 0 Å². The summed E-state index contributed by atoms with van der Waals surface area (Å²) in [7, 11) is 11.1. The van der Waals surface area contributed by atoms with Crippen molar-refractivity contribution in [2.75, 3.05) is 55.9 Å². The van der Waals surface area contributed by atoms with Crippen molar-refractivity contribution in [3.8, 4) is 5.75 Å². The monoisotopic (exact) mass is 979 g/mol. The Morgan fingerprint density at radius 2 is 1.30 bits per heavy atom. The lowest BCUT2D eigenvalue weighted by Gasteiger charge is -2.41. The Balaban J connectivity index is 1.86. The van der Waals surface area contributed by atoms with Crippen molar-refractivity contribution in [1.82, 2.24) is 39.3 Å². The lowest BCUT2D eigenvalue weighted by atomic mass is 9.95. The van der Waals surface area contributed by atoms with E-state index < -0.39 is 59.9 Å². The summed E-state index contributed by atoms with van der Waals surface area (Å²) in [6, 6.07) is 1.71. The predicted molar refractivity (Wildman–Crippen MR) is 271 cm³/mol. The molecule has 0 radical (unpaired) electrons. The Morgan fingerprint density at radius 1 is 0.739 bits per heavy atom. The summed E-state index contributed by atoms with van der Waals surface area (Å²) in [5.41, 5.74) is 0.809. The Kier molecular flexibility index (Phi) is 22.4. The molecule has 2 aromatic rings. The highest BCUT2D eigenvalue weighted by atomic mass is 32.1. The number of hydrogen-bond donors (Lipinski definition) is 0. The molecule has 0 saturated carbocycles. The number of aromatic nitrogens is 1. The van der Waals surface area contributed by atoms with Crippen molar-refractivity contribution < 1.29 is 38.3 Å². The number of likely N-dealkylation sites (N-methyl/N-ethyl adjacent to an activating group) is 6. The van der Waals surface area contributed by atoms with Crippen LogP contribution in [-0.2, 0) is 46.5 Å². The molecule has 0 N–H and O–H groups in total. The number of hydrogen-bond acceptors (Lipinski definition) is 10. The molecule has 7 amide bonds. The molecule has 0 aliphatic carbocycles. The third kappa shape index (κ3) is 14.6. The third-order valence-corrected chi connectivity index (χ3v) is 14.5. The molecule has 1 aromatic carbocycles. The molecular weight excluding hydrogens is 897 g/mol. The van der Waals surface area contributed by atoms with E-state index in [0.29, 0.717) is 25.0 Å². The smallest absolute Gasteiger partial charge is 0.246 e. The number of carbonyl (C=O) groups is 7. The average Bonchev–Trinajstić information content (AvgIpc) is 4.03. The van der Waals surface area contributed by atoms with Gasteiger partial charge in [-0.2, -0.15) is 0 Å². The fourth-order valence-corrected chi connectivity index (χ4v) is 10.1. The van der Waals surface area contributed by atoms with Crippen molar-refractivity contribution in [1.29, 1.82) is 0 Å². The van der Waals surface area contributed by atoms with E-state index in [1.54, 1.807) is 79.5 Å². The number of nitrogens with zero attached hydrogens (tertiary/aromatic N) is 8. The summed E-state index contributed by atoms with van der Waals surface area (Å²) in [5, 5.41) is 2.59. The van der Waals surface area contributed by atoms with Gasteiger partial charge in [-0.15, -0.1) is 17.9 Å². The van der Waals surface area contributed by atoms with Crippen LogP contribution in [0.5, 0.6) is 5.75 Å². The second-order valence-electron chi connectivity index (χ2n) is 19.8. The van der Waals surface area contributed by atoms with Crippen molar-refractivity contribution in [2.45, 2.75) is 143 Å². The van der Waals surface area contributed by atoms with E-state index >= 15 is 0 Å². The zero-order chi connectivity index (χ0) is 52.0. The van der Waals surface area contributed by atoms with E-state index in [1.165, 1.54) is 40.7 Å². The molecule has 3 rings (SSSR count). The van der Waals surface area contributed by atoms with Crippen molar-refractivity contribution >= 4 is 52.7 Å². The van der Waals surface area contributed by atoms with Crippen LogP contribution in [0, 0.1) is 23.7 Å². The first kappa shape index (κ1) is 58.0. The lowest BCUT2D eigenvalue weighted by Crippen LogP contribution is -2.62. The first-order valence-electron chi connectivity index (χ1n) is 24.4. The molecule has 1 aromatic heterocycles. The minimum atomic E-state index is -1.01. The molecule has 384 valence electrons. The summed E-state index contributed by atoms with van der Waals surface area (Å²) >= 11 is 1.43. The Labute approximate surface area is 416 Å². The minimum absolute atomic E-state index is 0.144. The zero-order valence-corrected chi connectivity index (χ0v) is 45.0. The maximum absolute atomic E-state index is 14.8. The van der Waals surface area contributed by atoms with E-state index in [-0.39, 0.29) is 60.9 Å². The van der Waals surface area contributed by atoms with Gasteiger partial charge in [-0.1, -0.05) is 73.1 Å². The van der Waals surface area contributed by atoms with Gasteiger partial charge < -0.3 is 39.0 Å². The van der Waals surface area contributed by atoms with Crippen molar-refractivity contribution in [2.24, 2.45) is 23.7 Å². The van der Waals surface area contributed by atoms with Crippen molar-refractivity contribution in [3.63, 3.8) is 0 Å². The van der Waals surface area contributed by atoms with Crippen LogP contribution in [0.4, 0.5) is 0 Å². The van der Waals surface area contributed by atoms with Crippen LogP contribution < -0.4 is 4.74 Å². The van der Waals surface area contributed by atoms with Gasteiger partial charge in [0.2, 0.25) is 41.4 Å². The first-order chi connectivity index (χ1) is 32.4. The lowest BCUT2D eigenvalue weighted by molar-refractivity contribution is -0.158. The van der Waals surface area contributed by atoms with Gasteiger partial charge >= 0.3 is 0 Å². The van der Waals surface area contributed by atoms with Crippen LogP contribution in [0.3, 0.4) is 0 Å². The molecule has 69 heavy (non-hydrogen) atoms. The summed E-state index contributed by atoms with van der Waals surface area (Å²) < 4.78 is 5.35. The van der Waals surface area contributed by atoms with Crippen LogP contribution >= 0.6 is 11.3 Å². The molecule has 2 heterocycles. The molecule has 1 aliphatic heterocycles. The van der Waals surface area contributed by atoms with Crippen LogP contribution in [-0.4, -0.2) is 173 Å². The van der Waals surface area contributed by atoms with Gasteiger partial charge in [0, 0.05) is 72.7 Å². The van der Waals surface area contributed by atoms with E-state index in [2.05, 4.69) is 11.6 Å². The summed E-state index contributed by atoms with van der Waals surface area (Å²) in [4.78, 5) is 115. The molecule has 0 unspecified atom stereocenters. The van der Waals surface area contributed by atoms with E-state index in [1.807, 2.05) is 72.1 Å². The highest BCUT2D eigenvalue weighted by Gasteiger charge is 2.46. The predicted octanol–water partition coefficient (Wildman–Crippen LogP) is 5.85. The molecule has 1 aliphatic rings. The molecular formula is C52H82N8O8S. The minimum Gasteiger partial charge on any atom is -0.497 e. The highest BCUT2D eigenvalue weighted by molar-refractivity contribution is 7.09. The number of amides is 7. The number of allylic oxidation sites excluding steroid dienone is 1. The van der Waals surface area contributed by atoms with Gasteiger partial charge in [-0.05, 0) is 74.5 Å². The molecule has 0 bridgehead atoms. The fraction of sp³-hybridized carbons (Fsp3) is 0.654. The molecule has 0 spiro atoms. The number of methoxy groups -OCH3 is 1. The molecule has 1 fully saturated rings. The maximum atomic E-state index is 14.8. The largest absolute Gasteiger partial charge is 0.497 e. The molecule has 1 saturated heterocycles. The van der Waals surface area contributed by atoms with Crippen LogP contribution in [0.1, 0.15) is 104 Å². The molecule has 7 atom stereocenters. The van der Waals surface area contributed by atoms with Crippen molar-refractivity contribution in [3.05, 3.63) is 59.1 Å². The molecule has 16 nitrogen and oxygen atoms in total. The van der Waals surface area contributed by atoms with E-state index in [9.17, 15) is 33.6 Å². The zero-order valence-electron chi connectivity index (χ0n) is 44.1. The van der Waals surface area contributed by atoms with E-state index in [4.69, 9.17) is 4.74 Å². The van der Waals surface area contributed by atoms with Crippen LogP contribution in [0.25, 0.3) is 0 Å². The molecule has 17 heteroatoms. The van der Waals surface area contributed by atoms with Gasteiger partial charge in [0.1, 0.15) is 47.0 Å². The topological polar surface area (TPSA) is 164 Å². The number of thiazole rings is 1. The highest BCUT2D eigenvalue weighted by Crippen LogP contribution is 2.28. The van der Waals surface area contributed by atoms with Gasteiger partial charge in [0.05, 0.1) is 13.7 Å². The summed E-state index contributed by atoms with van der Waals surface area (Å²) in [5.74, 6) is -3.25. The van der Waals surface area contributed by atoms with Gasteiger partial charge in [0.15, 0.2) is 0 Å². The number of rotatable bonds is 25. The second kappa shape index (κ2) is 26.6. The SMILES string of the molecule is C=CCCCC[C@@H](C)C(=O)N(C)[C@@H](C)C(=O)N(C)[C@H](C(=O)N1CCC[C@H]1C(=O)N(C)[C@H](C(=O)N(C)[C@H](C(=O)N(C)[C@@H](Cc1ccc(OC)cc1)C(=O)N(C)Cc1nccs1)C(C)C)C(C)C)C(C)C. The number of unbranched alkanes of at least 4 members (excludes halogenated alkanes) is 2. The van der Waals surface area contributed by atoms with Crippen LogP contribution in [0.15, 0.2) is 48.5 Å². The Bertz CT molecular complexity index is 2040. The maximum Gasteiger partial charge on any atom is 0.246 e. The standard InChI is InChI=1S/C52H82N8O8S/c1-17-18-19-20-22-36(8)46(61)55(11)37(9)47(62)57(13)45(35(6)7)52(67)60-29-21-23-40(60)49(64)58(14)44(34(4)5)51(66)59(15)43(33(2)3)50(65)56(12)41(31-38-24-26-39(68-16)27-25-38)48(63)54(10)32-42-53-28-30-69-42/h17,24-28,30,33-37,40-41,43-45H,1,18-23,29,31-32H2,2-16H3/t36-,37+,40+,41+,43+,44+,45+/m1/s1. The number of likely N-dealkylation sites (tertiary alicyclic amines) is 1. The normalized spacial score (nSPS) is 16.3. The number of carbonyl (C=O) groups excluding carboxylic acids is 7.